The molecule has 0 saturated carbocycles. The molecular weight excluding hydrogens is 266 g/mol. The van der Waals surface area contributed by atoms with Gasteiger partial charge in [0, 0.05) is 13.1 Å². The smallest absolute Gasteiger partial charge is 0.410 e. The number of carbonyl (C=O) groups is 2. The van der Waals surface area contributed by atoms with E-state index >= 15 is 0 Å². The van der Waals surface area contributed by atoms with Crippen LogP contribution in [0.2, 0.25) is 0 Å². The van der Waals surface area contributed by atoms with Crippen LogP contribution in [-0.4, -0.2) is 52.3 Å². The lowest BCUT2D eigenvalue weighted by atomic mass is 9.94. The van der Waals surface area contributed by atoms with Gasteiger partial charge in [0.2, 0.25) is 0 Å². The van der Waals surface area contributed by atoms with Gasteiger partial charge < -0.3 is 14.7 Å². The molecule has 1 rings (SSSR count). The van der Waals surface area contributed by atoms with E-state index in [0.29, 0.717) is 13.1 Å². The molecule has 110 valence electrons. The SMILES string of the molecule is CSC(C(=O)O)C1CCCN(C(=O)OC(C)(C)C)C1. The summed E-state index contributed by atoms with van der Waals surface area (Å²) >= 11 is 1.33. The zero-order valence-electron chi connectivity index (χ0n) is 12.0. The van der Waals surface area contributed by atoms with Gasteiger partial charge in [0.1, 0.15) is 10.9 Å². The Bertz CT molecular complexity index is 340. The fraction of sp³-hybridized carbons (Fsp3) is 0.846. The van der Waals surface area contributed by atoms with Crippen LogP contribution in [0.5, 0.6) is 0 Å². The van der Waals surface area contributed by atoms with Crippen molar-refractivity contribution in [2.75, 3.05) is 19.3 Å². The number of carboxylic acid groups (broad SMARTS) is 1. The van der Waals surface area contributed by atoms with Gasteiger partial charge in [0.05, 0.1) is 0 Å². The molecule has 0 aliphatic carbocycles. The standard InChI is InChI=1S/C13H23NO4S/c1-13(2,3)18-12(17)14-7-5-6-9(8-14)10(19-4)11(15)16/h9-10H,5-8H2,1-4H3,(H,15,16). The number of hydrogen-bond acceptors (Lipinski definition) is 4. The van der Waals surface area contributed by atoms with Crippen molar-refractivity contribution < 1.29 is 19.4 Å². The second-order valence-electron chi connectivity index (χ2n) is 5.82. The van der Waals surface area contributed by atoms with Crippen molar-refractivity contribution in [1.82, 2.24) is 4.90 Å². The van der Waals surface area contributed by atoms with Gasteiger partial charge in [-0.15, -0.1) is 11.8 Å². The first kappa shape index (κ1) is 16.1. The number of carbonyl (C=O) groups excluding carboxylic acids is 1. The van der Waals surface area contributed by atoms with Crippen molar-refractivity contribution in [3.05, 3.63) is 0 Å². The summed E-state index contributed by atoms with van der Waals surface area (Å²) in [5, 5.41) is 8.73. The Morgan fingerprint density at radius 3 is 2.53 bits per heavy atom. The Balaban J connectivity index is 2.64. The van der Waals surface area contributed by atoms with Crippen LogP contribution in [-0.2, 0) is 9.53 Å². The van der Waals surface area contributed by atoms with E-state index in [1.54, 1.807) is 11.2 Å². The molecule has 0 spiro atoms. The van der Waals surface area contributed by atoms with Crippen LogP contribution in [0.25, 0.3) is 0 Å². The largest absolute Gasteiger partial charge is 0.480 e. The Hall–Kier alpha value is -0.910. The lowest BCUT2D eigenvalue weighted by Crippen LogP contribution is -2.46. The van der Waals surface area contributed by atoms with E-state index in [1.807, 2.05) is 20.8 Å². The van der Waals surface area contributed by atoms with E-state index in [0.717, 1.165) is 12.8 Å². The van der Waals surface area contributed by atoms with Crippen molar-refractivity contribution in [3.63, 3.8) is 0 Å². The summed E-state index contributed by atoms with van der Waals surface area (Å²) in [6, 6.07) is 0. The number of amides is 1. The third-order valence-corrected chi connectivity index (χ3v) is 4.13. The van der Waals surface area contributed by atoms with Gasteiger partial charge in [-0.2, -0.15) is 0 Å². The van der Waals surface area contributed by atoms with E-state index in [1.165, 1.54) is 11.8 Å². The Labute approximate surface area is 118 Å². The number of aliphatic carboxylic acids is 1. The third kappa shape index (κ3) is 4.93. The molecule has 2 unspecified atom stereocenters. The van der Waals surface area contributed by atoms with Crippen LogP contribution < -0.4 is 0 Å². The highest BCUT2D eigenvalue weighted by molar-refractivity contribution is 7.99. The lowest BCUT2D eigenvalue weighted by Gasteiger charge is -2.35. The molecule has 0 bridgehead atoms. The van der Waals surface area contributed by atoms with Crippen molar-refractivity contribution in [3.8, 4) is 0 Å². The maximum Gasteiger partial charge on any atom is 0.410 e. The highest BCUT2D eigenvalue weighted by Crippen LogP contribution is 2.27. The van der Waals surface area contributed by atoms with Crippen LogP contribution >= 0.6 is 11.8 Å². The van der Waals surface area contributed by atoms with Gasteiger partial charge in [0.25, 0.3) is 0 Å². The van der Waals surface area contributed by atoms with Gasteiger partial charge >= 0.3 is 12.1 Å². The fourth-order valence-corrected chi connectivity index (χ4v) is 3.05. The Kier molecular flexibility index (Phi) is 5.52. The van der Waals surface area contributed by atoms with Gasteiger partial charge in [0.15, 0.2) is 0 Å². The van der Waals surface area contributed by atoms with Crippen LogP contribution in [0.3, 0.4) is 0 Å². The summed E-state index contributed by atoms with van der Waals surface area (Å²) in [4.78, 5) is 24.8. The molecule has 0 aromatic heterocycles. The van der Waals surface area contributed by atoms with Gasteiger partial charge in [-0.3, -0.25) is 4.79 Å². The Morgan fingerprint density at radius 1 is 1.42 bits per heavy atom. The third-order valence-electron chi connectivity index (χ3n) is 3.04. The normalized spacial score (nSPS) is 21.9. The number of likely N-dealkylation sites (tertiary alicyclic amines) is 1. The van der Waals surface area contributed by atoms with E-state index < -0.39 is 16.8 Å². The zero-order valence-corrected chi connectivity index (χ0v) is 12.8. The monoisotopic (exact) mass is 289 g/mol. The van der Waals surface area contributed by atoms with E-state index in [2.05, 4.69) is 0 Å². The van der Waals surface area contributed by atoms with Gasteiger partial charge in [-0.25, -0.2) is 4.79 Å². The molecule has 19 heavy (non-hydrogen) atoms. The minimum Gasteiger partial charge on any atom is -0.480 e. The van der Waals surface area contributed by atoms with E-state index in [4.69, 9.17) is 4.74 Å². The minimum atomic E-state index is -0.802. The molecule has 1 saturated heterocycles. The molecule has 1 heterocycles. The molecule has 1 amide bonds. The molecular formula is C13H23NO4S. The topological polar surface area (TPSA) is 66.8 Å². The van der Waals surface area contributed by atoms with Crippen molar-refractivity contribution in [1.29, 1.82) is 0 Å². The van der Waals surface area contributed by atoms with Crippen molar-refractivity contribution in [2.24, 2.45) is 5.92 Å². The average molecular weight is 289 g/mol. The van der Waals surface area contributed by atoms with Crippen molar-refractivity contribution >= 4 is 23.8 Å². The summed E-state index contributed by atoms with van der Waals surface area (Å²) in [5.74, 6) is -0.808. The first-order chi connectivity index (χ1) is 8.74. The quantitative estimate of drug-likeness (QED) is 0.864. The highest BCUT2D eigenvalue weighted by Gasteiger charge is 2.34. The summed E-state index contributed by atoms with van der Waals surface area (Å²) in [6.07, 6.45) is 3.12. The summed E-state index contributed by atoms with van der Waals surface area (Å²) in [5.41, 5.74) is -0.518. The van der Waals surface area contributed by atoms with E-state index in [9.17, 15) is 14.7 Å². The molecule has 2 atom stereocenters. The number of nitrogens with zero attached hydrogens (tertiary/aromatic N) is 1. The van der Waals surface area contributed by atoms with Gasteiger partial charge in [-0.1, -0.05) is 0 Å². The van der Waals surface area contributed by atoms with Crippen molar-refractivity contribution in [2.45, 2.75) is 44.5 Å². The van der Waals surface area contributed by atoms with Crippen LogP contribution in [0, 0.1) is 5.92 Å². The molecule has 0 aromatic rings. The molecule has 6 heteroatoms. The fourth-order valence-electron chi connectivity index (χ4n) is 2.24. The average Bonchev–Trinajstić information content (AvgIpc) is 2.27. The number of carboxylic acids is 1. The van der Waals surface area contributed by atoms with Crippen LogP contribution in [0.15, 0.2) is 0 Å². The molecule has 0 radical (unpaired) electrons. The number of thioether (sulfide) groups is 1. The summed E-state index contributed by atoms with van der Waals surface area (Å²) in [6.45, 7) is 6.59. The van der Waals surface area contributed by atoms with Crippen LogP contribution in [0.4, 0.5) is 4.79 Å². The maximum absolute atomic E-state index is 12.0. The molecule has 0 aromatic carbocycles. The number of ether oxygens (including phenoxy) is 1. The molecule has 1 aliphatic heterocycles. The summed E-state index contributed by atoms with van der Waals surface area (Å²) in [7, 11) is 0. The minimum absolute atomic E-state index is 0.00577. The first-order valence-corrected chi connectivity index (χ1v) is 7.77. The highest BCUT2D eigenvalue weighted by atomic mass is 32.2. The number of piperidine rings is 1. The maximum atomic E-state index is 12.0. The molecule has 1 aliphatic rings. The summed E-state index contributed by atoms with van der Waals surface area (Å²) < 4.78 is 5.33. The van der Waals surface area contributed by atoms with E-state index in [-0.39, 0.29) is 12.0 Å². The number of hydrogen-bond donors (Lipinski definition) is 1. The molecule has 1 fully saturated rings. The van der Waals surface area contributed by atoms with Gasteiger partial charge in [-0.05, 0) is 45.8 Å². The predicted molar refractivity (Wildman–Crippen MR) is 75.5 cm³/mol. The van der Waals surface area contributed by atoms with Crippen LogP contribution in [0.1, 0.15) is 33.6 Å². The lowest BCUT2D eigenvalue weighted by molar-refractivity contribution is -0.137. The molecule has 1 N–H and O–H groups in total. The number of rotatable bonds is 3. The second kappa shape index (κ2) is 6.50. The Morgan fingerprint density at radius 2 is 2.05 bits per heavy atom. The zero-order chi connectivity index (χ0) is 14.6. The molecule has 5 nitrogen and oxygen atoms in total. The second-order valence-corrected chi connectivity index (χ2v) is 6.80. The first-order valence-electron chi connectivity index (χ1n) is 6.48. The predicted octanol–water partition coefficient (Wildman–Crippen LogP) is 2.45.